The Hall–Kier alpha value is -1.35. The third kappa shape index (κ3) is 5.43. The van der Waals surface area contributed by atoms with E-state index in [9.17, 15) is 4.79 Å². The van der Waals surface area contributed by atoms with Gasteiger partial charge >= 0.3 is 0 Å². The molecule has 0 aromatic heterocycles. The van der Waals surface area contributed by atoms with Crippen LogP contribution >= 0.6 is 0 Å². The maximum Gasteiger partial charge on any atom is 0.251 e. The van der Waals surface area contributed by atoms with E-state index in [1.165, 1.54) is 5.56 Å². The van der Waals surface area contributed by atoms with E-state index in [1.54, 1.807) is 0 Å². The number of carbonyl (C=O) groups excluding carboxylic acids is 1. The normalized spacial score (nSPS) is 12.5. The molecule has 3 nitrogen and oxygen atoms in total. The first-order valence-electron chi connectivity index (χ1n) is 7.12. The summed E-state index contributed by atoms with van der Waals surface area (Å²) in [5, 5.41) is 6.41. The summed E-state index contributed by atoms with van der Waals surface area (Å²) in [7, 11) is 0. The highest BCUT2D eigenvalue weighted by molar-refractivity contribution is 5.94. The van der Waals surface area contributed by atoms with Gasteiger partial charge in [-0.05, 0) is 31.4 Å². The van der Waals surface area contributed by atoms with Gasteiger partial charge in [0.25, 0.3) is 5.91 Å². The molecule has 1 aromatic rings. The molecule has 0 aliphatic carbocycles. The highest BCUT2D eigenvalue weighted by Crippen LogP contribution is 2.04. The molecule has 106 valence electrons. The van der Waals surface area contributed by atoms with Crippen LogP contribution in [0.2, 0.25) is 0 Å². The highest BCUT2D eigenvalue weighted by Gasteiger charge is 2.09. The third-order valence-corrected chi connectivity index (χ3v) is 3.38. The quantitative estimate of drug-likeness (QED) is 0.742. The zero-order chi connectivity index (χ0) is 14.3. The van der Waals surface area contributed by atoms with Crippen LogP contribution in [-0.2, 0) is 0 Å². The molecule has 0 saturated heterocycles. The number of aryl methyl sites for hydroxylation is 1. The first kappa shape index (κ1) is 15.7. The number of hydrogen-bond donors (Lipinski definition) is 2. The van der Waals surface area contributed by atoms with Crippen molar-refractivity contribution in [1.29, 1.82) is 0 Å². The lowest BCUT2D eigenvalue weighted by atomic mass is 10.0. The second kappa shape index (κ2) is 7.95. The summed E-state index contributed by atoms with van der Waals surface area (Å²) in [6.07, 6.45) is 1.11. The molecule has 0 spiro atoms. The lowest BCUT2D eigenvalue weighted by molar-refractivity contribution is 0.0953. The Morgan fingerprint density at radius 3 is 2.32 bits per heavy atom. The Kier molecular flexibility index (Phi) is 6.57. The molecule has 3 heteroatoms. The van der Waals surface area contributed by atoms with Crippen molar-refractivity contribution in [1.82, 2.24) is 10.6 Å². The van der Waals surface area contributed by atoms with E-state index in [-0.39, 0.29) is 5.91 Å². The van der Waals surface area contributed by atoms with Gasteiger partial charge in [0.1, 0.15) is 0 Å². The number of nitrogens with one attached hydrogen (secondary N) is 2. The Bertz CT molecular complexity index is 384. The molecular formula is C16H26N2O. The van der Waals surface area contributed by atoms with Gasteiger partial charge in [0.2, 0.25) is 0 Å². The number of benzene rings is 1. The molecule has 0 heterocycles. The third-order valence-electron chi connectivity index (χ3n) is 3.38. The molecule has 1 atom stereocenters. The fourth-order valence-electron chi connectivity index (χ4n) is 2.09. The van der Waals surface area contributed by atoms with Gasteiger partial charge in [-0.1, -0.05) is 38.5 Å². The summed E-state index contributed by atoms with van der Waals surface area (Å²) < 4.78 is 0. The van der Waals surface area contributed by atoms with Gasteiger partial charge < -0.3 is 10.6 Å². The maximum absolute atomic E-state index is 11.9. The van der Waals surface area contributed by atoms with Crippen LogP contribution in [0.25, 0.3) is 0 Å². The van der Waals surface area contributed by atoms with Crippen molar-refractivity contribution in [2.45, 2.75) is 40.2 Å². The van der Waals surface area contributed by atoms with Crippen molar-refractivity contribution >= 4 is 5.91 Å². The molecule has 0 fully saturated rings. The van der Waals surface area contributed by atoms with Gasteiger partial charge in [-0.3, -0.25) is 4.79 Å². The van der Waals surface area contributed by atoms with Gasteiger partial charge in [-0.15, -0.1) is 0 Å². The van der Waals surface area contributed by atoms with E-state index in [4.69, 9.17) is 0 Å². The van der Waals surface area contributed by atoms with Crippen LogP contribution in [0.15, 0.2) is 24.3 Å². The monoisotopic (exact) mass is 262 g/mol. The summed E-state index contributed by atoms with van der Waals surface area (Å²) in [5.74, 6) is 0.622. The summed E-state index contributed by atoms with van der Waals surface area (Å²) in [6.45, 7) is 10.1. The zero-order valence-corrected chi connectivity index (χ0v) is 12.5. The van der Waals surface area contributed by atoms with Crippen molar-refractivity contribution in [3.8, 4) is 0 Å². The standard InChI is InChI=1S/C16H26N2O/c1-5-15(12(2)3)17-10-11-18-16(19)14-8-6-13(4)7-9-14/h6-9,12,15,17H,5,10-11H2,1-4H3,(H,18,19). The van der Waals surface area contributed by atoms with Crippen LogP contribution in [0.1, 0.15) is 43.1 Å². The fraction of sp³-hybridized carbons (Fsp3) is 0.562. The molecule has 0 bridgehead atoms. The lowest BCUT2D eigenvalue weighted by Crippen LogP contribution is -2.39. The van der Waals surface area contributed by atoms with Gasteiger partial charge in [0, 0.05) is 24.7 Å². The van der Waals surface area contributed by atoms with E-state index >= 15 is 0 Å². The minimum atomic E-state index is -0.000560. The molecule has 1 rings (SSSR count). The van der Waals surface area contributed by atoms with Crippen molar-refractivity contribution < 1.29 is 4.79 Å². The van der Waals surface area contributed by atoms with Gasteiger partial charge in [-0.2, -0.15) is 0 Å². The maximum atomic E-state index is 11.9. The van der Waals surface area contributed by atoms with Gasteiger partial charge in [0.15, 0.2) is 0 Å². The number of rotatable bonds is 7. The minimum Gasteiger partial charge on any atom is -0.351 e. The molecule has 0 aliphatic rings. The molecule has 0 saturated carbocycles. The van der Waals surface area contributed by atoms with E-state index < -0.39 is 0 Å². The van der Waals surface area contributed by atoms with Crippen LogP contribution < -0.4 is 10.6 Å². The van der Waals surface area contributed by atoms with Crippen molar-refractivity contribution in [3.05, 3.63) is 35.4 Å². The number of hydrogen-bond acceptors (Lipinski definition) is 2. The summed E-state index contributed by atoms with van der Waals surface area (Å²) in [5.41, 5.74) is 1.89. The highest BCUT2D eigenvalue weighted by atomic mass is 16.1. The van der Waals surface area contributed by atoms with Crippen LogP contribution in [0.4, 0.5) is 0 Å². The molecule has 1 aromatic carbocycles. The first-order valence-corrected chi connectivity index (χ1v) is 7.12. The topological polar surface area (TPSA) is 41.1 Å². The van der Waals surface area contributed by atoms with Gasteiger partial charge in [-0.25, -0.2) is 0 Å². The average Bonchev–Trinajstić information content (AvgIpc) is 2.38. The van der Waals surface area contributed by atoms with Crippen molar-refractivity contribution in [2.75, 3.05) is 13.1 Å². The van der Waals surface area contributed by atoms with E-state index in [2.05, 4.69) is 31.4 Å². The van der Waals surface area contributed by atoms with Crippen LogP contribution in [0.5, 0.6) is 0 Å². The molecule has 19 heavy (non-hydrogen) atoms. The second-order valence-corrected chi connectivity index (χ2v) is 5.33. The van der Waals surface area contributed by atoms with E-state index in [0.29, 0.717) is 18.5 Å². The van der Waals surface area contributed by atoms with Gasteiger partial charge in [0.05, 0.1) is 0 Å². The molecule has 0 radical (unpaired) electrons. The number of amides is 1. The Morgan fingerprint density at radius 1 is 1.16 bits per heavy atom. The van der Waals surface area contributed by atoms with Crippen LogP contribution in [-0.4, -0.2) is 25.0 Å². The predicted octanol–water partition coefficient (Wildman–Crippen LogP) is 2.75. The van der Waals surface area contributed by atoms with Crippen LogP contribution in [0.3, 0.4) is 0 Å². The minimum absolute atomic E-state index is 0.000560. The summed E-state index contributed by atoms with van der Waals surface area (Å²) in [6, 6.07) is 8.16. The lowest BCUT2D eigenvalue weighted by Gasteiger charge is -2.20. The molecule has 1 amide bonds. The predicted molar refractivity (Wildman–Crippen MR) is 80.4 cm³/mol. The average molecular weight is 262 g/mol. The smallest absolute Gasteiger partial charge is 0.251 e. The Morgan fingerprint density at radius 2 is 1.79 bits per heavy atom. The van der Waals surface area contributed by atoms with Crippen LogP contribution in [0, 0.1) is 12.8 Å². The summed E-state index contributed by atoms with van der Waals surface area (Å²) >= 11 is 0. The van der Waals surface area contributed by atoms with E-state index in [0.717, 1.165) is 18.5 Å². The SMILES string of the molecule is CCC(NCCNC(=O)c1ccc(C)cc1)C(C)C. The molecule has 0 aliphatic heterocycles. The second-order valence-electron chi connectivity index (χ2n) is 5.33. The Balaban J connectivity index is 2.29. The molecule has 1 unspecified atom stereocenters. The zero-order valence-electron chi connectivity index (χ0n) is 12.5. The first-order chi connectivity index (χ1) is 9.04. The Labute approximate surface area is 116 Å². The van der Waals surface area contributed by atoms with Crippen molar-refractivity contribution in [3.63, 3.8) is 0 Å². The molecule has 2 N–H and O–H groups in total. The summed E-state index contributed by atoms with van der Waals surface area (Å²) in [4.78, 5) is 11.9. The fourth-order valence-corrected chi connectivity index (χ4v) is 2.09. The van der Waals surface area contributed by atoms with Crippen molar-refractivity contribution in [2.24, 2.45) is 5.92 Å². The molecular weight excluding hydrogens is 236 g/mol. The number of carbonyl (C=O) groups is 1. The largest absolute Gasteiger partial charge is 0.351 e. The van der Waals surface area contributed by atoms with E-state index in [1.807, 2.05) is 31.2 Å².